The second-order valence-electron chi connectivity index (χ2n) is 7.21. The highest BCUT2D eigenvalue weighted by molar-refractivity contribution is 9.10. The minimum atomic E-state index is -0.203. The Morgan fingerprint density at radius 3 is 2.48 bits per heavy atom. The lowest BCUT2D eigenvalue weighted by molar-refractivity contribution is 0.0746. The number of hydrogen-bond donors (Lipinski definition) is 0. The average Bonchev–Trinajstić information content (AvgIpc) is 3.24. The van der Waals surface area contributed by atoms with Crippen LogP contribution in [0.2, 0.25) is 0 Å². The van der Waals surface area contributed by atoms with Crippen molar-refractivity contribution in [1.29, 1.82) is 0 Å². The molecule has 9 heteroatoms. The first-order valence-electron chi connectivity index (χ1n) is 9.85. The molecule has 1 aliphatic rings. The molecule has 0 atom stereocenters. The van der Waals surface area contributed by atoms with Crippen molar-refractivity contribution >= 4 is 44.0 Å². The molecule has 2 aromatic carbocycles. The van der Waals surface area contributed by atoms with Gasteiger partial charge in [-0.2, -0.15) is 9.61 Å². The Kier molecular flexibility index (Phi) is 5.29. The van der Waals surface area contributed by atoms with Crippen molar-refractivity contribution in [1.82, 2.24) is 19.5 Å². The zero-order valence-electron chi connectivity index (χ0n) is 16.4. The predicted octanol–water partition coefficient (Wildman–Crippen LogP) is 3.54. The average molecular weight is 496 g/mol. The number of nitrogens with zero attached hydrogens (tertiary/aromatic N) is 5. The number of rotatable bonds is 3. The van der Waals surface area contributed by atoms with Crippen LogP contribution in [0.15, 0.2) is 69.9 Å². The molecule has 3 heterocycles. The van der Waals surface area contributed by atoms with Crippen LogP contribution in [0.4, 0.5) is 5.82 Å². The van der Waals surface area contributed by atoms with Crippen molar-refractivity contribution < 1.29 is 4.79 Å². The topological polar surface area (TPSA) is 70.8 Å². The van der Waals surface area contributed by atoms with Crippen LogP contribution in [-0.2, 0) is 0 Å². The zero-order valence-corrected chi connectivity index (χ0v) is 18.8. The Hall–Kier alpha value is -3.04. The smallest absolute Gasteiger partial charge is 0.277 e. The van der Waals surface area contributed by atoms with Crippen LogP contribution in [0.5, 0.6) is 0 Å². The first-order valence-corrected chi connectivity index (χ1v) is 11.5. The van der Waals surface area contributed by atoms with E-state index in [4.69, 9.17) is 0 Å². The van der Waals surface area contributed by atoms with Gasteiger partial charge in [-0.25, -0.2) is 4.98 Å². The number of hydrogen-bond acceptors (Lipinski definition) is 6. The van der Waals surface area contributed by atoms with Crippen molar-refractivity contribution in [3.63, 3.8) is 0 Å². The molecule has 156 valence electrons. The number of anilines is 1. The normalized spacial score (nSPS) is 14.2. The lowest BCUT2D eigenvalue weighted by atomic mass is 10.2. The minimum Gasteiger partial charge on any atom is -0.353 e. The number of carbonyl (C=O) groups excluding carboxylic acids is 1. The van der Waals surface area contributed by atoms with Gasteiger partial charge in [-0.1, -0.05) is 63.7 Å². The molecule has 1 saturated heterocycles. The molecule has 4 aromatic rings. The molecule has 1 aliphatic heterocycles. The third-order valence-corrected chi connectivity index (χ3v) is 6.67. The summed E-state index contributed by atoms with van der Waals surface area (Å²) in [5.74, 6) is 0.641. The summed E-state index contributed by atoms with van der Waals surface area (Å²) in [5.41, 5.74) is 1.42. The minimum absolute atomic E-state index is 0.0133. The Morgan fingerprint density at radius 2 is 1.74 bits per heavy atom. The fourth-order valence-corrected chi connectivity index (χ4v) is 4.91. The molecule has 0 radical (unpaired) electrons. The van der Waals surface area contributed by atoms with Gasteiger partial charge in [0.1, 0.15) is 10.8 Å². The first kappa shape index (κ1) is 19.9. The molecule has 5 rings (SSSR count). The van der Waals surface area contributed by atoms with Crippen molar-refractivity contribution in [2.45, 2.75) is 0 Å². The second-order valence-corrected chi connectivity index (χ2v) is 9.08. The van der Waals surface area contributed by atoms with E-state index in [2.05, 4.69) is 26.0 Å². The molecular formula is C22H18BrN5O2S. The van der Waals surface area contributed by atoms with Crippen molar-refractivity contribution in [2.75, 3.05) is 31.1 Å². The van der Waals surface area contributed by atoms with Crippen LogP contribution in [0.3, 0.4) is 0 Å². The Labute approximate surface area is 190 Å². The van der Waals surface area contributed by atoms with Gasteiger partial charge in [0.05, 0.1) is 0 Å². The summed E-state index contributed by atoms with van der Waals surface area (Å²) in [6.45, 7) is 2.38. The SMILES string of the molecule is O=C(c1cccc(Br)c1)N1CCN(c2cc(=O)n3nc(-c4ccccc4)sc3n2)CC1. The summed E-state index contributed by atoms with van der Waals surface area (Å²) in [4.78, 5) is 34.6. The maximum Gasteiger partial charge on any atom is 0.277 e. The molecule has 2 aromatic heterocycles. The van der Waals surface area contributed by atoms with Gasteiger partial charge in [0.25, 0.3) is 11.5 Å². The number of benzene rings is 2. The Bertz CT molecular complexity index is 1310. The molecule has 31 heavy (non-hydrogen) atoms. The van der Waals surface area contributed by atoms with Gasteiger partial charge >= 0.3 is 0 Å². The summed E-state index contributed by atoms with van der Waals surface area (Å²) in [6, 6.07) is 18.7. The predicted molar refractivity (Wildman–Crippen MR) is 125 cm³/mol. The van der Waals surface area contributed by atoms with Crippen LogP contribution in [0.1, 0.15) is 10.4 Å². The second kappa shape index (κ2) is 8.24. The number of aromatic nitrogens is 3. The first-order chi connectivity index (χ1) is 15.1. The highest BCUT2D eigenvalue weighted by Gasteiger charge is 2.24. The molecule has 0 bridgehead atoms. The summed E-state index contributed by atoms with van der Waals surface area (Å²) >= 11 is 4.81. The lowest BCUT2D eigenvalue weighted by Gasteiger charge is -2.35. The van der Waals surface area contributed by atoms with Gasteiger partial charge in [0.15, 0.2) is 0 Å². The molecule has 0 saturated carbocycles. The van der Waals surface area contributed by atoms with E-state index in [1.807, 2.05) is 64.4 Å². The van der Waals surface area contributed by atoms with Gasteiger partial charge in [0, 0.05) is 47.8 Å². The van der Waals surface area contributed by atoms with E-state index in [9.17, 15) is 9.59 Å². The molecule has 0 N–H and O–H groups in total. The zero-order chi connectivity index (χ0) is 21.4. The van der Waals surface area contributed by atoms with Crippen LogP contribution in [0.25, 0.3) is 15.5 Å². The third-order valence-electron chi connectivity index (χ3n) is 5.21. The number of carbonyl (C=O) groups is 1. The van der Waals surface area contributed by atoms with E-state index >= 15 is 0 Å². The molecule has 0 unspecified atom stereocenters. The Morgan fingerprint density at radius 1 is 0.968 bits per heavy atom. The number of halogens is 1. The highest BCUT2D eigenvalue weighted by atomic mass is 79.9. The van der Waals surface area contributed by atoms with Crippen LogP contribution < -0.4 is 10.5 Å². The molecule has 1 fully saturated rings. The van der Waals surface area contributed by atoms with E-state index in [1.165, 1.54) is 21.9 Å². The number of amides is 1. The maximum absolute atomic E-state index is 12.8. The van der Waals surface area contributed by atoms with Gasteiger partial charge < -0.3 is 9.80 Å². The molecule has 7 nitrogen and oxygen atoms in total. The van der Waals surface area contributed by atoms with Crippen LogP contribution in [0, 0.1) is 0 Å². The van der Waals surface area contributed by atoms with E-state index in [0.29, 0.717) is 42.5 Å². The van der Waals surface area contributed by atoms with Gasteiger partial charge in [-0.05, 0) is 18.2 Å². The molecule has 0 aliphatic carbocycles. The molecule has 0 spiro atoms. The molecule has 1 amide bonds. The summed E-state index contributed by atoms with van der Waals surface area (Å²) in [6.07, 6.45) is 0. The summed E-state index contributed by atoms with van der Waals surface area (Å²) in [7, 11) is 0. The monoisotopic (exact) mass is 495 g/mol. The van der Waals surface area contributed by atoms with E-state index < -0.39 is 0 Å². The van der Waals surface area contributed by atoms with Gasteiger partial charge in [0.2, 0.25) is 4.96 Å². The Balaban J connectivity index is 1.35. The van der Waals surface area contributed by atoms with E-state index in [1.54, 1.807) is 0 Å². The van der Waals surface area contributed by atoms with Crippen molar-refractivity contribution in [3.8, 4) is 10.6 Å². The van der Waals surface area contributed by atoms with E-state index in [0.717, 1.165) is 15.0 Å². The van der Waals surface area contributed by atoms with Crippen molar-refractivity contribution in [3.05, 3.63) is 81.1 Å². The van der Waals surface area contributed by atoms with Gasteiger partial charge in [-0.15, -0.1) is 0 Å². The standard InChI is InChI=1S/C22H18BrN5O2S/c23-17-8-4-7-16(13-17)21(30)27-11-9-26(10-12-27)18-14-19(29)28-22(24-18)31-20(25-28)15-5-2-1-3-6-15/h1-8,13-14H,9-12H2. The fourth-order valence-electron chi connectivity index (χ4n) is 3.60. The summed E-state index contributed by atoms with van der Waals surface area (Å²) < 4.78 is 2.23. The van der Waals surface area contributed by atoms with Gasteiger partial charge in [-0.3, -0.25) is 9.59 Å². The largest absolute Gasteiger partial charge is 0.353 e. The maximum atomic E-state index is 12.8. The summed E-state index contributed by atoms with van der Waals surface area (Å²) in [5, 5.41) is 5.19. The number of fused-ring (bicyclic) bond motifs is 1. The number of piperazine rings is 1. The van der Waals surface area contributed by atoms with E-state index in [-0.39, 0.29) is 11.5 Å². The fraction of sp³-hybridized carbons (Fsp3) is 0.182. The lowest BCUT2D eigenvalue weighted by Crippen LogP contribution is -2.49. The van der Waals surface area contributed by atoms with Crippen LogP contribution in [-0.4, -0.2) is 51.6 Å². The van der Waals surface area contributed by atoms with Crippen molar-refractivity contribution in [2.24, 2.45) is 0 Å². The quantitative estimate of drug-likeness (QED) is 0.434. The third kappa shape index (κ3) is 3.98. The van der Waals surface area contributed by atoms with Crippen LogP contribution >= 0.6 is 27.3 Å². The molecular weight excluding hydrogens is 478 g/mol. The highest BCUT2D eigenvalue weighted by Crippen LogP contribution is 2.25.